The van der Waals surface area contributed by atoms with Gasteiger partial charge in [0.05, 0.1) is 5.69 Å². The smallest absolute Gasteiger partial charge is 0.291 e. The molecule has 0 atom stereocenters. The molecule has 6 nitrogen and oxygen atoms in total. The minimum absolute atomic E-state index is 0.202. The van der Waals surface area contributed by atoms with Gasteiger partial charge in [0.1, 0.15) is 22.6 Å². The van der Waals surface area contributed by atoms with Crippen molar-refractivity contribution in [1.29, 1.82) is 0 Å². The third-order valence-corrected chi connectivity index (χ3v) is 5.18. The third-order valence-electron chi connectivity index (χ3n) is 4.65. The summed E-state index contributed by atoms with van der Waals surface area (Å²) in [7, 11) is 0. The van der Waals surface area contributed by atoms with Crippen LogP contribution in [0.25, 0.3) is 28.0 Å². The SMILES string of the molecule is O=C(Nc1ccc2nn(-c3ccc(F)cc3)nc2c1)c1ccc(-c2ccc(Br)cc2)o1. The van der Waals surface area contributed by atoms with Crippen LogP contribution in [0.3, 0.4) is 0 Å². The standard InChI is InChI=1S/C23H14BrFN4O2/c24-15-3-1-14(2-4-15)21-11-12-22(31-21)23(30)26-17-7-10-19-20(13-17)28-29(27-19)18-8-5-16(25)6-9-18/h1-13H,(H,26,30). The number of amides is 1. The average molecular weight is 477 g/mol. The monoisotopic (exact) mass is 476 g/mol. The molecule has 0 saturated carbocycles. The molecule has 2 heterocycles. The van der Waals surface area contributed by atoms with E-state index in [0.29, 0.717) is 28.2 Å². The largest absolute Gasteiger partial charge is 0.451 e. The van der Waals surface area contributed by atoms with Crippen molar-refractivity contribution < 1.29 is 13.6 Å². The van der Waals surface area contributed by atoms with Gasteiger partial charge in [-0.2, -0.15) is 4.80 Å². The molecule has 1 amide bonds. The van der Waals surface area contributed by atoms with Crippen molar-refractivity contribution in [2.24, 2.45) is 0 Å². The van der Waals surface area contributed by atoms with Crippen LogP contribution in [-0.2, 0) is 0 Å². The zero-order valence-corrected chi connectivity index (χ0v) is 17.5. The van der Waals surface area contributed by atoms with Crippen molar-refractivity contribution in [3.63, 3.8) is 0 Å². The van der Waals surface area contributed by atoms with Crippen LogP contribution in [0, 0.1) is 5.82 Å². The number of aromatic nitrogens is 3. The van der Waals surface area contributed by atoms with Gasteiger partial charge in [-0.05, 0) is 66.7 Å². The molecule has 2 aromatic heterocycles. The number of fused-ring (bicyclic) bond motifs is 1. The molecular formula is C23H14BrFN4O2. The predicted octanol–water partition coefficient (Wildman–Crippen LogP) is 5.83. The Hall–Kier alpha value is -3.78. The van der Waals surface area contributed by atoms with Gasteiger partial charge >= 0.3 is 0 Å². The molecule has 5 aromatic rings. The van der Waals surface area contributed by atoms with Crippen LogP contribution in [0.1, 0.15) is 10.6 Å². The number of hydrogen-bond acceptors (Lipinski definition) is 4. The Morgan fingerprint density at radius 2 is 1.65 bits per heavy atom. The number of rotatable bonds is 4. The van der Waals surface area contributed by atoms with Crippen LogP contribution in [0.15, 0.2) is 87.8 Å². The molecular weight excluding hydrogens is 463 g/mol. The summed E-state index contributed by atoms with van der Waals surface area (Å²) < 4.78 is 19.8. The van der Waals surface area contributed by atoms with Gasteiger partial charge in [-0.3, -0.25) is 4.79 Å². The zero-order chi connectivity index (χ0) is 21.4. The summed E-state index contributed by atoms with van der Waals surface area (Å²) in [5, 5.41) is 11.6. The van der Waals surface area contributed by atoms with E-state index in [1.165, 1.54) is 16.9 Å². The second kappa shape index (κ2) is 7.81. The van der Waals surface area contributed by atoms with E-state index in [0.717, 1.165) is 10.0 Å². The fourth-order valence-corrected chi connectivity index (χ4v) is 3.37. The van der Waals surface area contributed by atoms with Crippen LogP contribution < -0.4 is 5.32 Å². The molecule has 1 N–H and O–H groups in total. The molecule has 3 aromatic carbocycles. The highest BCUT2D eigenvalue weighted by molar-refractivity contribution is 9.10. The summed E-state index contributed by atoms with van der Waals surface area (Å²) in [5.74, 6) is 0.114. The molecule has 0 aliphatic heterocycles. The van der Waals surface area contributed by atoms with Crippen molar-refractivity contribution in [2.45, 2.75) is 0 Å². The van der Waals surface area contributed by atoms with Gasteiger partial charge in [-0.25, -0.2) is 4.39 Å². The number of anilines is 1. The van der Waals surface area contributed by atoms with Crippen LogP contribution in [0.5, 0.6) is 0 Å². The molecule has 31 heavy (non-hydrogen) atoms. The maximum atomic E-state index is 13.1. The Kier molecular flexibility index (Phi) is 4.83. The molecule has 0 radical (unpaired) electrons. The molecule has 0 unspecified atom stereocenters. The molecule has 8 heteroatoms. The van der Waals surface area contributed by atoms with Crippen molar-refractivity contribution >= 4 is 38.6 Å². The molecule has 0 spiro atoms. The first-order valence-corrected chi connectivity index (χ1v) is 10.1. The second-order valence-corrected chi connectivity index (χ2v) is 7.71. The van der Waals surface area contributed by atoms with Crippen LogP contribution >= 0.6 is 15.9 Å². The summed E-state index contributed by atoms with van der Waals surface area (Å²) in [5.41, 5.74) is 3.32. The van der Waals surface area contributed by atoms with Gasteiger partial charge in [-0.1, -0.05) is 28.1 Å². The molecule has 0 fully saturated rings. The number of halogens is 2. The highest BCUT2D eigenvalue weighted by Gasteiger charge is 2.14. The number of furan rings is 1. The van der Waals surface area contributed by atoms with E-state index in [4.69, 9.17) is 4.42 Å². The predicted molar refractivity (Wildman–Crippen MR) is 119 cm³/mol. The average Bonchev–Trinajstić information content (AvgIpc) is 3.42. The lowest BCUT2D eigenvalue weighted by Gasteiger charge is -2.02. The van der Waals surface area contributed by atoms with Crippen LogP contribution in [0.4, 0.5) is 10.1 Å². The van der Waals surface area contributed by atoms with E-state index in [1.54, 1.807) is 42.5 Å². The summed E-state index contributed by atoms with van der Waals surface area (Å²) in [6, 6.07) is 22.1. The van der Waals surface area contributed by atoms with Gasteiger partial charge in [-0.15, -0.1) is 10.2 Å². The van der Waals surface area contributed by atoms with E-state index in [2.05, 4.69) is 31.4 Å². The number of nitrogens with zero attached hydrogens (tertiary/aromatic N) is 3. The Balaban J connectivity index is 1.36. The fraction of sp³-hybridized carbons (Fsp3) is 0. The summed E-state index contributed by atoms with van der Waals surface area (Å²) in [4.78, 5) is 14.0. The molecule has 0 bridgehead atoms. The lowest BCUT2D eigenvalue weighted by Crippen LogP contribution is -2.10. The minimum atomic E-state index is -0.367. The van der Waals surface area contributed by atoms with Crippen LogP contribution in [0.2, 0.25) is 0 Å². The van der Waals surface area contributed by atoms with Crippen molar-refractivity contribution in [2.75, 3.05) is 5.32 Å². The molecule has 0 saturated heterocycles. The Bertz CT molecular complexity index is 1390. The van der Waals surface area contributed by atoms with E-state index >= 15 is 0 Å². The highest BCUT2D eigenvalue weighted by atomic mass is 79.9. The number of benzene rings is 3. The van der Waals surface area contributed by atoms with Gasteiger partial charge < -0.3 is 9.73 Å². The Morgan fingerprint density at radius 3 is 2.42 bits per heavy atom. The second-order valence-electron chi connectivity index (χ2n) is 6.79. The minimum Gasteiger partial charge on any atom is -0.451 e. The topological polar surface area (TPSA) is 73.0 Å². The molecule has 0 aliphatic rings. The number of carbonyl (C=O) groups is 1. The normalized spacial score (nSPS) is 11.0. The lowest BCUT2D eigenvalue weighted by atomic mass is 10.2. The number of hydrogen-bond donors (Lipinski definition) is 1. The first-order valence-electron chi connectivity index (χ1n) is 9.35. The van der Waals surface area contributed by atoms with E-state index < -0.39 is 0 Å². The quantitative estimate of drug-likeness (QED) is 0.353. The summed E-state index contributed by atoms with van der Waals surface area (Å²) >= 11 is 3.40. The maximum Gasteiger partial charge on any atom is 0.291 e. The molecule has 0 aliphatic carbocycles. The molecule has 5 rings (SSSR count). The third kappa shape index (κ3) is 3.97. The summed E-state index contributed by atoms with van der Waals surface area (Å²) in [6.07, 6.45) is 0. The van der Waals surface area contributed by atoms with Gasteiger partial charge in [0.15, 0.2) is 5.76 Å². The Labute approximate surface area is 184 Å². The number of carbonyl (C=O) groups excluding carboxylic acids is 1. The van der Waals surface area contributed by atoms with E-state index in [1.807, 2.05) is 24.3 Å². The first kappa shape index (κ1) is 19.2. The number of nitrogens with one attached hydrogen (secondary N) is 1. The van der Waals surface area contributed by atoms with Crippen molar-refractivity contribution in [3.8, 4) is 17.0 Å². The van der Waals surface area contributed by atoms with Gasteiger partial charge in [0.2, 0.25) is 0 Å². The lowest BCUT2D eigenvalue weighted by molar-refractivity contribution is 0.0997. The highest BCUT2D eigenvalue weighted by Crippen LogP contribution is 2.25. The fourth-order valence-electron chi connectivity index (χ4n) is 3.10. The van der Waals surface area contributed by atoms with Gasteiger partial charge in [0.25, 0.3) is 5.91 Å². The van der Waals surface area contributed by atoms with E-state index in [9.17, 15) is 9.18 Å². The van der Waals surface area contributed by atoms with Crippen molar-refractivity contribution in [1.82, 2.24) is 15.0 Å². The Morgan fingerprint density at radius 1 is 0.903 bits per heavy atom. The van der Waals surface area contributed by atoms with Crippen LogP contribution in [-0.4, -0.2) is 20.9 Å². The first-order chi connectivity index (χ1) is 15.0. The van der Waals surface area contributed by atoms with Gasteiger partial charge in [0, 0.05) is 15.7 Å². The molecule has 152 valence electrons. The summed E-state index contributed by atoms with van der Waals surface area (Å²) in [6.45, 7) is 0. The maximum absolute atomic E-state index is 13.1. The zero-order valence-electron chi connectivity index (χ0n) is 15.9. The van der Waals surface area contributed by atoms with Crippen molar-refractivity contribution in [3.05, 3.63) is 94.9 Å². The van der Waals surface area contributed by atoms with E-state index in [-0.39, 0.29) is 17.5 Å².